The molecule has 174 valence electrons. The Morgan fingerprint density at radius 2 is 2.03 bits per heavy atom. The number of ether oxygens (including phenoxy) is 1. The van der Waals surface area contributed by atoms with Crippen LogP contribution in [-0.2, 0) is 6.54 Å². The van der Waals surface area contributed by atoms with E-state index >= 15 is 0 Å². The van der Waals surface area contributed by atoms with Crippen LogP contribution in [0.25, 0.3) is 0 Å². The fraction of sp³-hybridized carbons (Fsp3) is 0.474. The Bertz CT molecular complexity index is 946. The molecule has 13 heteroatoms. The van der Waals surface area contributed by atoms with E-state index in [9.17, 15) is 28.4 Å². The molecule has 0 bridgehead atoms. The number of halogens is 3. The Labute approximate surface area is 181 Å². The van der Waals surface area contributed by atoms with Crippen molar-refractivity contribution in [3.8, 4) is 5.75 Å². The number of aromatic nitrogens is 2. The fourth-order valence-electron chi connectivity index (χ4n) is 3.45. The van der Waals surface area contributed by atoms with Crippen LogP contribution in [0.15, 0.2) is 30.5 Å². The van der Waals surface area contributed by atoms with E-state index < -0.39 is 17.4 Å². The minimum absolute atomic E-state index is 0.00869. The van der Waals surface area contributed by atoms with Crippen molar-refractivity contribution in [1.29, 1.82) is 0 Å². The van der Waals surface area contributed by atoms with Gasteiger partial charge >= 0.3 is 12.0 Å². The van der Waals surface area contributed by atoms with Gasteiger partial charge in [0.2, 0.25) is 11.8 Å². The smallest absolute Gasteiger partial charge is 0.405 e. The standard InChI is InChI=1S/C19H23F3N6O4/c20-19(21,22)32-16-4-2-1-3-12(16)9-25-18-26-10-14(28(30)31)17(27-18)24-8-11-5-6-13(23)15(29)7-11/h1-4,10-11,13,15,29H,5-9,23H2,(H2,24,25,26,27). The Morgan fingerprint density at radius 3 is 2.72 bits per heavy atom. The maximum atomic E-state index is 12.6. The molecule has 2 aromatic rings. The summed E-state index contributed by atoms with van der Waals surface area (Å²) in [5, 5.41) is 26.9. The van der Waals surface area contributed by atoms with E-state index in [2.05, 4.69) is 25.3 Å². The van der Waals surface area contributed by atoms with Gasteiger partial charge < -0.3 is 26.2 Å². The molecule has 0 aliphatic heterocycles. The van der Waals surface area contributed by atoms with Crippen LogP contribution in [0.3, 0.4) is 0 Å². The summed E-state index contributed by atoms with van der Waals surface area (Å²) in [5.41, 5.74) is 5.66. The SMILES string of the molecule is NC1CCC(CNc2nc(NCc3ccccc3OC(F)(F)F)ncc2[N+](=O)[O-])CC1O. The number of nitrogens with zero attached hydrogens (tertiary/aromatic N) is 3. The van der Waals surface area contributed by atoms with Crippen LogP contribution >= 0.6 is 0 Å². The first-order valence-electron chi connectivity index (χ1n) is 9.89. The monoisotopic (exact) mass is 456 g/mol. The van der Waals surface area contributed by atoms with Crippen molar-refractivity contribution >= 4 is 17.5 Å². The summed E-state index contributed by atoms with van der Waals surface area (Å²) in [6.07, 6.45) is -2.59. The molecule has 10 nitrogen and oxygen atoms in total. The quantitative estimate of drug-likeness (QED) is 0.347. The zero-order valence-electron chi connectivity index (χ0n) is 16.9. The number of para-hydroxylation sites is 1. The predicted octanol–water partition coefficient (Wildman–Crippen LogP) is 2.80. The molecule has 0 spiro atoms. The lowest BCUT2D eigenvalue weighted by Crippen LogP contribution is -2.41. The molecule has 0 radical (unpaired) electrons. The average molecular weight is 456 g/mol. The molecule has 3 rings (SSSR count). The molecule has 1 aliphatic carbocycles. The van der Waals surface area contributed by atoms with E-state index in [1.165, 1.54) is 18.2 Å². The largest absolute Gasteiger partial charge is 0.573 e. The van der Waals surface area contributed by atoms with Gasteiger partial charge in [0, 0.05) is 24.7 Å². The van der Waals surface area contributed by atoms with E-state index in [1.54, 1.807) is 6.07 Å². The van der Waals surface area contributed by atoms with Crippen molar-refractivity contribution in [2.24, 2.45) is 11.7 Å². The number of aliphatic hydroxyl groups is 1. The number of alkyl halides is 3. The van der Waals surface area contributed by atoms with Gasteiger partial charge in [0.25, 0.3) is 0 Å². The molecule has 3 unspecified atom stereocenters. The highest BCUT2D eigenvalue weighted by Crippen LogP contribution is 2.28. The van der Waals surface area contributed by atoms with Crippen molar-refractivity contribution in [3.63, 3.8) is 0 Å². The van der Waals surface area contributed by atoms with Crippen LogP contribution in [0.4, 0.5) is 30.6 Å². The molecule has 1 aliphatic rings. The number of benzene rings is 1. The number of nitrogens with one attached hydrogen (secondary N) is 2. The summed E-state index contributed by atoms with van der Waals surface area (Å²) < 4.78 is 41.7. The summed E-state index contributed by atoms with van der Waals surface area (Å²) in [4.78, 5) is 18.7. The van der Waals surface area contributed by atoms with Crippen molar-refractivity contribution < 1.29 is 27.9 Å². The van der Waals surface area contributed by atoms with Gasteiger partial charge in [0.1, 0.15) is 11.9 Å². The number of hydrogen-bond acceptors (Lipinski definition) is 9. The van der Waals surface area contributed by atoms with Gasteiger partial charge in [-0.05, 0) is 31.2 Å². The van der Waals surface area contributed by atoms with E-state index in [-0.39, 0.29) is 47.3 Å². The first-order valence-corrected chi connectivity index (χ1v) is 9.89. The maximum Gasteiger partial charge on any atom is 0.573 e. The van der Waals surface area contributed by atoms with Gasteiger partial charge in [-0.15, -0.1) is 13.2 Å². The summed E-state index contributed by atoms with van der Waals surface area (Å²) in [6, 6.07) is 5.30. The second-order valence-corrected chi connectivity index (χ2v) is 7.48. The fourth-order valence-corrected chi connectivity index (χ4v) is 3.45. The van der Waals surface area contributed by atoms with Crippen molar-refractivity contribution in [2.75, 3.05) is 17.2 Å². The summed E-state index contributed by atoms with van der Waals surface area (Å²) in [6.45, 7) is 0.236. The molecule has 1 saturated carbocycles. The zero-order valence-corrected chi connectivity index (χ0v) is 16.9. The van der Waals surface area contributed by atoms with E-state index in [0.717, 1.165) is 12.6 Å². The summed E-state index contributed by atoms with van der Waals surface area (Å²) in [5.74, 6) is -0.355. The van der Waals surface area contributed by atoms with Gasteiger partial charge in [-0.1, -0.05) is 18.2 Å². The van der Waals surface area contributed by atoms with E-state index in [0.29, 0.717) is 19.4 Å². The van der Waals surface area contributed by atoms with Gasteiger partial charge in [0.15, 0.2) is 0 Å². The zero-order chi connectivity index (χ0) is 23.3. The minimum Gasteiger partial charge on any atom is -0.405 e. The van der Waals surface area contributed by atoms with Crippen LogP contribution in [0.2, 0.25) is 0 Å². The highest BCUT2D eigenvalue weighted by molar-refractivity contribution is 5.57. The molecule has 1 aromatic carbocycles. The molecule has 3 atom stereocenters. The van der Waals surface area contributed by atoms with E-state index in [1.807, 2.05) is 0 Å². The Balaban J connectivity index is 1.69. The lowest BCUT2D eigenvalue weighted by molar-refractivity contribution is -0.384. The van der Waals surface area contributed by atoms with Crippen LogP contribution in [0, 0.1) is 16.0 Å². The second kappa shape index (κ2) is 9.96. The maximum absolute atomic E-state index is 12.6. The number of anilines is 2. The third-order valence-electron chi connectivity index (χ3n) is 5.14. The third-order valence-corrected chi connectivity index (χ3v) is 5.14. The molecule has 1 fully saturated rings. The number of aliphatic hydroxyl groups excluding tert-OH is 1. The molecular weight excluding hydrogens is 433 g/mol. The van der Waals surface area contributed by atoms with Crippen LogP contribution in [-0.4, -0.2) is 45.1 Å². The highest BCUT2D eigenvalue weighted by atomic mass is 19.4. The molecule has 1 aromatic heterocycles. The number of nitrogens with two attached hydrogens (primary N) is 1. The van der Waals surface area contributed by atoms with Crippen molar-refractivity contribution in [1.82, 2.24) is 9.97 Å². The molecule has 0 amide bonds. The van der Waals surface area contributed by atoms with E-state index in [4.69, 9.17) is 5.73 Å². The lowest BCUT2D eigenvalue weighted by atomic mass is 9.84. The number of rotatable bonds is 8. The Kier molecular flexibility index (Phi) is 7.30. The third kappa shape index (κ3) is 6.40. The number of nitro groups is 1. The molecule has 32 heavy (non-hydrogen) atoms. The molecule has 0 saturated heterocycles. The lowest BCUT2D eigenvalue weighted by Gasteiger charge is -2.30. The van der Waals surface area contributed by atoms with Crippen LogP contribution < -0.4 is 21.1 Å². The van der Waals surface area contributed by atoms with Gasteiger partial charge in [-0.25, -0.2) is 4.98 Å². The molecular formula is C19H23F3N6O4. The summed E-state index contributed by atoms with van der Waals surface area (Å²) in [7, 11) is 0. The first kappa shape index (κ1) is 23.5. The van der Waals surface area contributed by atoms with Gasteiger partial charge in [0.05, 0.1) is 11.0 Å². The first-order chi connectivity index (χ1) is 15.1. The molecule has 5 N–H and O–H groups in total. The number of hydrogen-bond donors (Lipinski definition) is 4. The summed E-state index contributed by atoms with van der Waals surface area (Å²) >= 11 is 0. The van der Waals surface area contributed by atoms with Crippen LogP contribution in [0.1, 0.15) is 24.8 Å². The Morgan fingerprint density at radius 1 is 1.28 bits per heavy atom. The van der Waals surface area contributed by atoms with Crippen molar-refractivity contribution in [3.05, 3.63) is 46.1 Å². The average Bonchev–Trinajstić information content (AvgIpc) is 2.72. The van der Waals surface area contributed by atoms with Crippen LogP contribution in [0.5, 0.6) is 5.75 Å². The van der Waals surface area contributed by atoms with Crippen molar-refractivity contribution in [2.45, 2.75) is 44.3 Å². The predicted molar refractivity (Wildman–Crippen MR) is 109 cm³/mol. The second-order valence-electron chi connectivity index (χ2n) is 7.48. The topological polar surface area (TPSA) is 148 Å². The molecule has 1 heterocycles. The highest BCUT2D eigenvalue weighted by Gasteiger charge is 2.32. The van der Waals surface area contributed by atoms with Gasteiger partial charge in [-0.3, -0.25) is 10.1 Å². The Hall–Kier alpha value is -3.19. The minimum atomic E-state index is -4.84. The normalized spacial score (nSPS) is 21.1. The van der Waals surface area contributed by atoms with Gasteiger partial charge in [-0.2, -0.15) is 4.98 Å².